The van der Waals surface area contributed by atoms with Crippen LogP contribution in [-0.4, -0.2) is 11.0 Å². The number of hydrogen-bond acceptors (Lipinski definition) is 3. The topological polar surface area (TPSA) is 48.7 Å². The van der Waals surface area contributed by atoms with Crippen LogP contribution in [0.2, 0.25) is 0 Å². The van der Waals surface area contributed by atoms with Crippen molar-refractivity contribution in [2.24, 2.45) is 5.92 Å². The van der Waals surface area contributed by atoms with E-state index in [4.69, 9.17) is 5.26 Å². The van der Waals surface area contributed by atoms with Gasteiger partial charge in [0, 0.05) is 17.9 Å². The standard InChI is InChI=1S/C13H17N3/c1-2-11(7-10-3-4-10)16-12-5-6-15-13(8-12)9-14/h5-6,8,10-11H,2-4,7H2,1H3,(H,15,16). The zero-order valence-corrected chi connectivity index (χ0v) is 9.61. The van der Waals surface area contributed by atoms with Gasteiger partial charge in [0.05, 0.1) is 0 Å². The van der Waals surface area contributed by atoms with Crippen molar-refractivity contribution in [3.05, 3.63) is 24.0 Å². The third-order valence-corrected chi connectivity index (χ3v) is 3.05. The average molecular weight is 215 g/mol. The fourth-order valence-electron chi connectivity index (χ4n) is 1.90. The van der Waals surface area contributed by atoms with E-state index in [1.54, 1.807) is 6.20 Å². The van der Waals surface area contributed by atoms with Crippen molar-refractivity contribution in [2.75, 3.05) is 5.32 Å². The molecule has 1 saturated carbocycles. The SMILES string of the molecule is CCC(CC1CC1)Nc1ccnc(C#N)c1. The van der Waals surface area contributed by atoms with Crippen LogP contribution in [0.25, 0.3) is 0 Å². The van der Waals surface area contributed by atoms with Crippen molar-refractivity contribution in [2.45, 2.75) is 38.6 Å². The predicted octanol–water partition coefficient (Wildman–Crippen LogP) is 2.94. The minimum absolute atomic E-state index is 0.478. The highest BCUT2D eigenvalue weighted by Crippen LogP contribution is 2.34. The van der Waals surface area contributed by atoms with Crippen LogP contribution in [0, 0.1) is 17.2 Å². The molecule has 0 aromatic carbocycles. The van der Waals surface area contributed by atoms with Gasteiger partial charge in [-0.2, -0.15) is 5.26 Å². The lowest BCUT2D eigenvalue weighted by Gasteiger charge is -2.17. The van der Waals surface area contributed by atoms with Gasteiger partial charge in [0.2, 0.25) is 0 Å². The van der Waals surface area contributed by atoms with Gasteiger partial charge in [-0.25, -0.2) is 4.98 Å². The molecule has 1 aliphatic carbocycles. The van der Waals surface area contributed by atoms with Gasteiger partial charge < -0.3 is 5.32 Å². The molecule has 0 saturated heterocycles. The lowest BCUT2D eigenvalue weighted by atomic mass is 10.1. The smallest absolute Gasteiger partial charge is 0.142 e. The number of rotatable bonds is 5. The Labute approximate surface area is 96.5 Å². The van der Waals surface area contributed by atoms with Crippen molar-refractivity contribution in [1.29, 1.82) is 5.26 Å². The summed E-state index contributed by atoms with van der Waals surface area (Å²) in [4.78, 5) is 3.96. The average Bonchev–Trinajstić information content (AvgIpc) is 3.12. The molecule has 0 bridgehead atoms. The number of nitriles is 1. The van der Waals surface area contributed by atoms with Crippen molar-refractivity contribution in [3.8, 4) is 6.07 Å². The summed E-state index contributed by atoms with van der Waals surface area (Å²) >= 11 is 0. The number of anilines is 1. The quantitative estimate of drug-likeness (QED) is 0.821. The first kappa shape index (κ1) is 10.9. The van der Waals surface area contributed by atoms with Crippen LogP contribution >= 0.6 is 0 Å². The van der Waals surface area contributed by atoms with Gasteiger partial charge in [0.25, 0.3) is 0 Å². The third kappa shape index (κ3) is 2.96. The Morgan fingerprint density at radius 2 is 2.44 bits per heavy atom. The normalized spacial score (nSPS) is 16.5. The summed E-state index contributed by atoms with van der Waals surface area (Å²) in [5.41, 5.74) is 1.49. The Morgan fingerprint density at radius 3 is 3.06 bits per heavy atom. The van der Waals surface area contributed by atoms with Crippen molar-refractivity contribution < 1.29 is 0 Å². The van der Waals surface area contributed by atoms with E-state index in [1.807, 2.05) is 12.1 Å². The summed E-state index contributed by atoms with van der Waals surface area (Å²) < 4.78 is 0. The molecular formula is C13H17N3. The van der Waals surface area contributed by atoms with E-state index < -0.39 is 0 Å². The number of nitrogens with zero attached hydrogens (tertiary/aromatic N) is 2. The van der Waals surface area contributed by atoms with E-state index in [-0.39, 0.29) is 0 Å². The summed E-state index contributed by atoms with van der Waals surface area (Å²) in [7, 11) is 0. The molecule has 1 aliphatic rings. The van der Waals surface area contributed by atoms with Crippen LogP contribution in [0.4, 0.5) is 5.69 Å². The number of pyridine rings is 1. The van der Waals surface area contributed by atoms with Gasteiger partial charge in [-0.05, 0) is 30.9 Å². The molecule has 0 spiro atoms. The van der Waals surface area contributed by atoms with Gasteiger partial charge in [0.1, 0.15) is 11.8 Å². The monoisotopic (exact) mass is 215 g/mol. The van der Waals surface area contributed by atoms with Gasteiger partial charge >= 0.3 is 0 Å². The highest BCUT2D eigenvalue weighted by atomic mass is 14.9. The second-order valence-electron chi connectivity index (χ2n) is 4.47. The molecule has 1 aromatic rings. The zero-order chi connectivity index (χ0) is 11.4. The molecule has 0 radical (unpaired) electrons. The highest BCUT2D eigenvalue weighted by Gasteiger charge is 2.24. The van der Waals surface area contributed by atoms with E-state index >= 15 is 0 Å². The Morgan fingerprint density at radius 1 is 1.62 bits per heavy atom. The molecule has 16 heavy (non-hydrogen) atoms. The summed E-state index contributed by atoms with van der Waals surface area (Å²) in [5, 5.41) is 12.3. The fraction of sp³-hybridized carbons (Fsp3) is 0.538. The van der Waals surface area contributed by atoms with Crippen molar-refractivity contribution in [1.82, 2.24) is 4.98 Å². The van der Waals surface area contributed by atoms with Crippen molar-refractivity contribution in [3.63, 3.8) is 0 Å². The Hall–Kier alpha value is -1.56. The van der Waals surface area contributed by atoms with Crippen LogP contribution in [-0.2, 0) is 0 Å². The predicted molar refractivity (Wildman–Crippen MR) is 64.0 cm³/mol. The Bertz CT molecular complexity index is 390. The van der Waals surface area contributed by atoms with Crippen LogP contribution in [0.1, 0.15) is 38.3 Å². The molecule has 3 heteroatoms. The van der Waals surface area contributed by atoms with E-state index in [2.05, 4.69) is 23.3 Å². The maximum Gasteiger partial charge on any atom is 0.142 e. The molecule has 2 rings (SSSR count). The minimum Gasteiger partial charge on any atom is -0.382 e. The molecule has 3 nitrogen and oxygen atoms in total. The van der Waals surface area contributed by atoms with Gasteiger partial charge in [-0.3, -0.25) is 0 Å². The minimum atomic E-state index is 0.478. The van der Waals surface area contributed by atoms with Gasteiger partial charge in [-0.1, -0.05) is 19.8 Å². The molecule has 0 aliphatic heterocycles. The maximum atomic E-state index is 8.77. The molecule has 1 atom stereocenters. The summed E-state index contributed by atoms with van der Waals surface area (Å²) in [5.74, 6) is 0.926. The van der Waals surface area contributed by atoms with E-state index in [0.717, 1.165) is 18.0 Å². The summed E-state index contributed by atoms with van der Waals surface area (Å²) in [6, 6.07) is 6.33. The van der Waals surface area contributed by atoms with E-state index in [0.29, 0.717) is 11.7 Å². The van der Waals surface area contributed by atoms with Crippen LogP contribution in [0.15, 0.2) is 18.3 Å². The fourth-order valence-corrected chi connectivity index (χ4v) is 1.90. The third-order valence-electron chi connectivity index (χ3n) is 3.05. The largest absolute Gasteiger partial charge is 0.382 e. The second kappa shape index (κ2) is 4.98. The van der Waals surface area contributed by atoms with Gasteiger partial charge in [0.15, 0.2) is 0 Å². The molecule has 1 aromatic heterocycles. The Balaban J connectivity index is 1.97. The van der Waals surface area contributed by atoms with Crippen LogP contribution in [0.3, 0.4) is 0 Å². The first-order chi connectivity index (χ1) is 7.81. The number of nitrogens with one attached hydrogen (secondary N) is 1. The highest BCUT2D eigenvalue weighted by molar-refractivity contribution is 5.46. The summed E-state index contributed by atoms with van der Waals surface area (Å²) in [6.07, 6.45) is 6.84. The van der Waals surface area contributed by atoms with Crippen LogP contribution in [0.5, 0.6) is 0 Å². The molecule has 1 unspecified atom stereocenters. The molecule has 0 amide bonds. The van der Waals surface area contributed by atoms with E-state index in [9.17, 15) is 0 Å². The summed E-state index contributed by atoms with van der Waals surface area (Å²) in [6.45, 7) is 2.20. The number of hydrogen-bond donors (Lipinski definition) is 1. The molecule has 1 N–H and O–H groups in total. The zero-order valence-electron chi connectivity index (χ0n) is 9.61. The molecular weight excluding hydrogens is 198 g/mol. The molecule has 1 fully saturated rings. The first-order valence-electron chi connectivity index (χ1n) is 5.94. The lowest BCUT2D eigenvalue weighted by Crippen LogP contribution is -2.19. The van der Waals surface area contributed by atoms with Gasteiger partial charge in [-0.15, -0.1) is 0 Å². The van der Waals surface area contributed by atoms with E-state index in [1.165, 1.54) is 19.3 Å². The lowest BCUT2D eigenvalue weighted by molar-refractivity contribution is 0.587. The second-order valence-corrected chi connectivity index (χ2v) is 4.47. The Kier molecular flexibility index (Phi) is 3.40. The van der Waals surface area contributed by atoms with Crippen LogP contribution < -0.4 is 5.32 Å². The first-order valence-corrected chi connectivity index (χ1v) is 5.94. The number of aromatic nitrogens is 1. The molecule has 1 heterocycles. The maximum absolute atomic E-state index is 8.77. The molecule has 84 valence electrons. The van der Waals surface area contributed by atoms with Crippen molar-refractivity contribution >= 4 is 5.69 Å².